The summed E-state index contributed by atoms with van der Waals surface area (Å²) in [5.74, 6) is -0.863. The van der Waals surface area contributed by atoms with E-state index in [1.165, 1.54) is 38.9 Å². The Kier molecular flexibility index (Phi) is 7.20. The van der Waals surface area contributed by atoms with E-state index in [0.29, 0.717) is 30.8 Å². The number of nitrogens with zero attached hydrogens (tertiary/aromatic N) is 4. The normalized spacial score (nSPS) is 13.1. The van der Waals surface area contributed by atoms with Crippen LogP contribution in [0.4, 0.5) is 21.5 Å². The molecule has 0 unspecified atom stereocenters. The highest BCUT2D eigenvalue weighted by Crippen LogP contribution is 2.33. The molecule has 0 saturated heterocycles. The molecule has 10 nitrogen and oxygen atoms in total. The lowest BCUT2D eigenvalue weighted by Crippen LogP contribution is -2.41. The van der Waals surface area contributed by atoms with E-state index in [0.717, 1.165) is 6.07 Å². The molecular formula is C28H28BFN6O4. The van der Waals surface area contributed by atoms with Gasteiger partial charge in [0.2, 0.25) is 5.91 Å². The van der Waals surface area contributed by atoms with Gasteiger partial charge in [-0.2, -0.15) is 0 Å². The summed E-state index contributed by atoms with van der Waals surface area (Å²) in [6.45, 7) is 0.564. The number of aryl methyl sites for hydroxylation is 1. The maximum Gasteiger partial charge on any atom is 0.337 e. The van der Waals surface area contributed by atoms with Gasteiger partial charge in [0, 0.05) is 37.8 Å². The second-order valence-electron chi connectivity index (χ2n) is 10.2. The number of fused-ring (bicyclic) bond motifs is 1. The highest BCUT2D eigenvalue weighted by atomic mass is 19.1. The van der Waals surface area contributed by atoms with Gasteiger partial charge >= 0.3 is 5.69 Å². The molecule has 204 valence electrons. The van der Waals surface area contributed by atoms with Crippen molar-refractivity contribution in [1.82, 2.24) is 18.6 Å². The molecule has 2 aromatic heterocycles. The second-order valence-corrected chi connectivity index (χ2v) is 10.2. The summed E-state index contributed by atoms with van der Waals surface area (Å²) in [5, 5.41) is 5.74. The van der Waals surface area contributed by atoms with Gasteiger partial charge < -0.3 is 15.5 Å². The molecule has 1 amide bonds. The average molecular weight is 542 g/mol. The first kappa shape index (κ1) is 27.1. The zero-order valence-corrected chi connectivity index (χ0v) is 22.4. The predicted molar refractivity (Wildman–Crippen MR) is 154 cm³/mol. The Bertz CT molecular complexity index is 1820. The number of nitrogens with one attached hydrogen (secondary N) is 2. The van der Waals surface area contributed by atoms with E-state index in [1.807, 2.05) is 19.0 Å². The van der Waals surface area contributed by atoms with E-state index in [-0.39, 0.29) is 46.2 Å². The first-order chi connectivity index (χ1) is 19.0. The molecule has 2 radical (unpaired) electrons. The number of carbonyl (C=O) groups is 1. The molecule has 40 heavy (non-hydrogen) atoms. The Morgan fingerprint density at radius 1 is 1.07 bits per heavy atom. The second kappa shape index (κ2) is 10.6. The average Bonchev–Trinajstić information content (AvgIpc) is 3.72. The third kappa shape index (κ3) is 5.22. The number of amides is 1. The van der Waals surface area contributed by atoms with Crippen molar-refractivity contribution in [2.75, 3.05) is 31.3 Å². The molecule has 1 saturated carbocycles. The van der Waals surface area contributed by atoms with Crippen LogP contribution >= 0.6 is 0 Å². The Balaban J connectivity index is 1.73. The minimum absolute atomic E-state index is 0.0151. The van der Waals surface area contributed by atoms with Crippen LogP contribution in [0, 0.1) is 5.82 Å². The number of rotatable bonds is 8. The molecule has 1 aliphatic carbocycles. The standard InChI is InChI=1S/C28H28BFN6O4/c1-33(2)12-11-23(37)31-17-5-4-6-19(14-17)35-26-25(27(39)36(28(35)40)18-8-9-18)22(15-24(38)34(26)3)32-21-10-7-16(29)13-20(21)30/h4-7,10,13-15,18,32H,8-9,11-12H2,1-3H3,(H,31,37). The van der Waals surface area contributed by atoms with E-state index in [1.54, 1.807) is 24.3 Å². The topological polar surface area (TPSA) is 110 Å². The number of pyridine rings is 1. The zero-order valence-electron chi connectivity index (χ0n) is 22.4. The molecule has 1 aliphatic rings. The smallest absolute Gasteiger partial charge is 0.337 e. The van der Waals surface area contributed by atoms with Gasteiger partial charge in [-0.3, -0.25) is 23.5 Å². The maximum atomic E-state index is 14.7. The van der Waals surface area contributed by atoms with Gasteiger partial charge in [0.1, 0.15) is 24.7 Å². The lowest BCUT2D eigenvalue weighted by molar-refractivity contribution is -0.116. The molecule has 0 atom stereocenters. The number of aromatic nitrogens is 3. The van der Waals surface area contributed by atoms with Crippen LogP contribution in [0.3, 0.4) is 0 Å². The zero-order chi connectivity index (χ0) is 28.7. The Morgan fingerprint density at radius 3 is 2.50 bits per heavy atom. The van der Waals surface area contributed by atoms with Crippen LogP contribution in [0.2, 0.25) is 0 Å². The summed E-state index contributed by atoms with van der Waals surface area (Å²) in [6, 6.07) is 11.6. The fraction of sp³-hybridized carbons (Fsp3) is 0.286. The largest absolute Gasteiger partial charge is 0.352 e. The number of carbonyl (C=O) groups excluding carboxylic acids is 1. The van der Waals surface area contributed by atoms with Crippen LogP contribution in [-0.2, 0) is 11.8 Å². The van der Waals surface area contributed by atoms with E-state index < -0.39 is 22.6 Å². The highest BCUT2D eigenvalue weighted by Gasteiger charge is 2.31. The first-order valence-electron chi connectivity index (χ1n) is 12.8. The third-order valence-electron chi connectivity index (χ3n) is 6.80. The monoisotopic (exact) mass is 542 g/mol. The van der Waals surface area contributed by atoms with E-state index in [4.69, 9.17) is 7.85 Å². The van der Waals surface area contributed by atoms with Gasteiger partial charge in [0.25, 0.3) is 11.1 Å². The molecule has 4 aromatic rings. The molecule has 0 aliphatic heterocycles. The molecule has 1 fully saturated rings. The molecule has 5 rings (SSSR count). The minimum Gasteiger partial charge on any atom is -0.352 e. The number of hydrogen-bond donors (Lipinski definition) is 2. The van der Waals surface area contributed by atoms with Crippen molar-refractivity contribution in [2.45, 2.75) is 25.3 Å². The third-order valence-corrected chi connectivity index (χ3v) is 6.80. The lowest BCUT2D eigenvalue weighted by atomic mass is 9.96. The Morgan fingerprint density at radius 2 is 1.82 bits per heavy atom. The van der Waals surface area contributed by atoms with Crippen molar-refractivity contribution in [3.8, 4) is 5.69 Å². The summed E-state index contributed by atoms with van der Waals surface area (Å²) < 4.78 is 18.4. The van der Waals surface area contributed by atoms with Crippen molar-refractivity contribution in [2.24, 2.45) is 7.05 Å². The lowest BCUT2D eigenvalue weighted by Gasteiger charge is -2.19. The highest BCUT2D eigenvalue weighted by molar-refractivity contribution is 6.32. The minimum atomic E-state index is -0.664. The van der Waals surface area contributed by atoms with Crippen molar-refractivity contribution < 1.29 is 9.18 Å². The van der Waals surface area contributed by atoms with Gasteiger partial charge in [-0.1, -0.05) is 17.6 Å². The number of benzene rings is 2. The van der Waals surface area contributed by atoms with Crippen LogP contribution in [0.15, 0.2) is 62.9 Å². The van der Waals surface area contributed by atoms with E-state index in [2.05, 4.69) is 10.6 Å². The molecular weight excluding hydrogens is 514 g/mol. The summed E-state index contributed by atoms with van der Waals surface area (Å²) in [7, 11) is 10.9. The van der Waals surface area contributed by atoms with Gasteiger partial charge in [-0.25, -0.2) is 13.8 Å². The van der Waals surface area contributed by atoms with E-state index >= 15 is 0 Å². The number of anilines is 3. The summed E-state index contributed by atoms with van der Waals surface area (Å²) >= 11 is 0. The van der Waals surface area contributed by atoms with Crippen LogP contribution in [-0.4, -0.2) is 53.0 Å². The van der Waals surface area contributed by atoms with Crippen molar-refractivity contribution >= 4 is 47.3 Å². The van der Waals surface area contributed by atoms with Gasteiger partial charge in [0.05, 0.1) is 17.1 Å². The number of halogens is 1. The van der Waals surface area contributed by atoms with Crippen molar-refractivity contribution in [3.63, 3.8) is 0 Å². The molecule has 2 aromatic carbocycles. The summed E-state index contributed by atoms with van der Waals surface area (Å²) in [6.07, 6.45) is 1.59. The fourth-order valence-electron chi connectivity index (χ4n) is 4.60. The number of hydrogen-bond acceptors (Lipinski definition) is 6. The predicted octanol–water partition coefficient (Wildman–Crippen LogP) is 1.75. The van der Waals surface area contributed by atoms with Gasteiger partial charge in [-0.05, 0) is 57.3 Å². The summed E-state index contributed by atoms with van der Waals surface area (Å²) in [5.41, 5.74) is -0.582. The molecule has 2 N–H and O–H groups in total. The molecule has 0 bridgehead atoms. The van der Waals surface area contributed by atoms with Crippen molar-refractivity contribution in [1.29, 1.82) is 0 Å². The molecule has 12 heteroatoms. The Hall–Kier alpha value is -4.45. The van der Waals surface area contributed by atoms with Crippen LogP contribution < -0.4 is 32.9 Å². The maximum absolute atomic E-state index is 14.7. The SMILES string of the molecule is [B]c1ccc(Nc2cc(=O)n(C)c3c2c(=O)n(C2CC2)c(=O)n3-c2cccc(NC(=O)CCN(C)C)c2)c(F)c1. The van der Waals surface area contributed by atoms with Gasteiger partial charge in [-0.15, -0.1) is 0 Å². The fourth-order valence-corrected chi connectivity index (χ4v) is 4.60. The van der Waals surface area contributed by atoms with Gasteiger partial charge in [0.15, 0.2) is 0 Å². The van der Waals surface area contributed by atoms with E-state index in [9.17, 15) is 23.6 Å². The van der Waals surface area contributed by atoms with Crippen LogP contribution in [0.25, 0.3) is 16.7 Å². The summed E-state index contributed by atoms with van der Waals surface area (Å²) in [4.78, 5) is 55.1. The molecule has 2 heterocycles. The van der Waals surface area contributed by atoms with Crippen LogP contribution in [0.1, 0.15) is 25.3 Å². The van der Waals surface area contributed by atoms with Crippen molar-refractivity contribution in [3.05, 3.63) is 85.5 Å². The Labute approximate surface area is 230 Å². The molecule has 0 spiro atoms. The van der Waals surface area contributed by atoms with Crippen LogP contribution in [0.5, 0.6) is 0 Å². The first-order valence-corrected chi connectivity index (χ1v) is 12.8. The quantitative estimate of drug-likeness (QED) is 0.329.